The predicted octanol–water partition coefficient (Wildman–Crippen LogP) is 1.87. The molecule has 0 saturated heterocycles. The molecule has 1 aromatic carbocycles. The molecule has 1 aliphatic rings. The van der Waals surface area contributed by atoms with Crippen molar-refractivity contribution in [2.75, 3.05) is 0 Å². The van der Waals surface area contributed by atoms with Gasteiger partial charge in [-0.1, -0.05) is 13.8 Å². The van der Waals surface area contributed by atoms with E-state index >= 15 is 0 Å². The number of amidine groups is 1. The molecule has 1 aromatic heterocycles. The normalized spacial score (nSPS) is 20.6. The molecule has 0 saturated carbocycles. The highest BCUT2D eigenvalue weighted by Crippen LogP contribution is 2.31. The molecule has 126 valence electrons. The van der Waals surface area contributed by atoms with Crippen LogP contribution >= 0.6 is 0 Å². The first-order valence-corrected chi connectivity index (χ1v) is 7.78. The summed E-state index contributed by atoms with van der Waals surface area (Å²) in [6.45, 7) is 7.41. The van der Waals surface area contributed by atoms with Crippen molar-refractivity contribution in [1.82, 2.24) is 15.1 Å². The second-order valence-corrected chi connectivity index (χ2v) is 6.61. The molecule has 1 unspecified atom stereocenters. The summed E-state index contributed by atoms with van der Waals surface area (Å²) in [6, 6.07) is 3.25. The van der Waals surface area contributed by atoms with E-state index in [4.69, 9.17) is 0 Å². The summed E-state index contributed by atoms with van der Waals surface area (Å²) in [5, 5.41) is 17.4. The number of aryl methyl sites for hydroxylation is 2. The Labute approximate surface area is 139 Å². The largest absolute Gasteiger partial charge is 0.478 e. The van der Waals surface area contributed by atoms with E-state index in [2.05, 4.69) is 15.4 Å². The van der Waals surface area contributed by atoms with Gasteiger partial charge in [-0.15, -0.1) is 0 Å². The average Bonchev–Trinajstić information content (AvgIpc) is 2.96. The summed E-state index contributed by atoms with van der Waals surface area (Å²) in [5.41, 5.74) is 1.10. The summed E-state index contributed by atoms with van der Waals surface area (Å²) < 4.78 is 1.69. The first-order valence-electron chi connectivity index (χ1n) is 7.78. The number of carbonyl (C=O) groups excluding carboxylic acids is 1. The average molecular weight is 328 g/mol. The van der Waals surface area contributed by atoms with Crippen molar-refractivity contribution < 1.29 is 14.7 Å². The van der Waals surface area contributed by atoms with Crippen molar-refractivity contribution in [2.24, 2.45) is 18.0 Å². The van der Waals surface area contributed by atoms with Crippen LogP contribution in [-0.2, 0) is 11.8 Å². The van der Waals surface area contributed by atoms with Gasteiger partial charge in [0.2, 0.25) is 0 Å². The van der Waals surface area contributed by atoms with Crippen LogP contribution < -0.4 is 5.32 Å². The summed E-state index contributed by atoms with van der Waals surface area (Å²) in [5.74, 6) is -1.000. The molecule has 3 rings (SSSR count). The molecule has 0 radical (unpaired) electrons. The number of aromatic carboxylic acids is 1. The smallest absolute Gasteiger partial charge is 0.336 e. The second kappa shape index (κ2) is 5.15. The molecule has 0 spiro atoms. The molecular weight excluding hydrogens is 308 g/mol. The molecule has 1 atom stereocenters. The molecule has 0 fully saturated rings. The third-order valence-electron chi connectivity index (χ3n) is 4.82. The van der Waals surface area contributed by atoms with Crippen LogP contribution in [0.3, 0.4) is 0 Å². The van der Waals surface area contributed by atoms with Crippen LogP contribution in [0.25, 0.3) is 10.9 Å². The van der Waals surface area contributed by atoms with E-state index in [0.29, 0.717) is 22.5 Å². The summed E-state index contributed by atoms with van der Waals surface area (Å²) >= 11 is 0. The Kier molecular flexibility index (Phi) is 3.47. The number of benzene rings is 1. The lowest BCUT2D eigenvalue weighted by atomic mass is 9.89. The van der Waals surface area contributed by atoms with E-state index in [-0.39, 0.29) is 17.4 Å². The maximum Gasteiger partial charge on any atom is 0.336 e. The van der Waals surface area contributed by atoms with Gasteiger partial charge in [-0.3, -0.25) is 14.5 Å². The summed E-state index contributed by atoms with van der Waals surface area (Å²) in [4.78, 5) is 28.7. The highest BCUT2D eigenvalue weighted by Gasteiger charge is 2.43. The number of hydrogen-bond donors (Lipinski definition) is 2. The van der Waals surface area contributed by atoms with Gasteiger partial charge in [0.05, 0.1) is 16.8 Å². The molecule has 2 heterocycles. The molecule has 2 aromatic rings. The van der Waals surface area contributed by atoms with Crippen LogP contribution in [0.5, 0.6) is 0 Å². The van der Waals surface area contributed by atoms with Gasteiger partial charge >= 0.3 is 5.97 Å². The van der Waals surface area contributed by atoms with Crippen molar-refractivity contribution in [2.45, 2.75) is 33.2 Å². The maximum atomic E-state index is 12.4. The molecule has 2 N–H and O–H groups in total. The lowest BCUT2D eigenvalue weighted by Gasteiger charge is -2.21. The van der Waals surface area contributed by atoms with Crippen LogP contribution in [0.15, 0.2) is 17.1 Å². The Hall–Kier alpha value is -2.70. The van der Waals surface area contributed by atoms with Gasteiger partial charge in [-0.25, -0.2) is 4.79 Å². The van der Waals surface area contributed by atoms with Gasteiger partial charge in [-0.2, -0.15) is 5.10 Å². The third kappa shape index (κ3) is 2.11. The Bertz CT molecular complexity index is 910. The zero-order valence-corrected chi connectivity index (χ0v) is 14.3. The number of aromatic nitrogens is 2. The Balaban J connectivity index is 2.35. The predicted molar refractivity (Wildman–Crippen MR) is 90.3 cm³/mol. The number of fused-ring (bicyclic) bond motifs is 1. The maximum absolute atomic E-state index is 12.4. The Morgan fingerprint density at radius 1 is 1.38 bits per heavy atom. The summed E-state index contributed by atoms with van der Waals surface area (Å²) in [7, 11) is 1.80. The minimum atomic E-state index is -1.06. The third-order valence-corrected chi connectivity index (χ3v) is 4.82. The number of nitrogens with one attached hydrogen (secondary N) is 1. The van der Waals surface area contributed by atoms with Crippen molar-refractivity contribution in [1.29, 1.82) is 0 Å². The van der Waals surface area contributed by atoms with Crippen LogP contribution in [0.4, 0.5) is 0 Å². The summed E-state index contributed by atoms with van der Waals surface area (Å²) in [6.07, 6.45) is 0. The van der Waals surface area contributed by atoms with Gasteiger partial charge in [-0.05, 0) is 31.9 Å². The lowest BCUT2D eigenvalue weighted by molar-refractivity contribution is -0.124. The fraction of sp³-hybridized carbons (Fsp3) is 0.412. The first kappa shape index (κ1) is 16.2. The number of hydrogen-bond acceptors (Lipinski definition) is 4. The van der Waals surface area contributed by atoms with E-state index in [1.165, 1.54) is 6.07 Å². The topological polar surface area (TPSA) is 96.6 Å². The molecule has 1 amide bonds. The monoisotopic (exact) mass is 328 g/mol. The molecule has 1 aliphatic heterocycles. The highest BCUT2D eigenvalue weighted by atomic mass is 16.4. The number of carboxylic acids is 1. The standard InChI is InChI=1S/C17H20N4O3/c1-8(2)17(4)16(24)18-14(19-17)13-10(15(22)23)6-7-11-12(13)9(3)20-21(11)5/h6-8H,1-5H3,(H,22,23)(H,18,19,24). The van der Waals surface area contributed by atoms with Crippen molar-refractivity contribution in [3.8, 4) is 0 Å². The first-order chi connectivity index (χ1) is 11.2. The van der Waals surface area contributed by atoms with Crippen LogP contribution in [0.1, 0.15) is 42.4 Å². The molecule has 24 heavy (non-hydrogen) atoms. The van der Waals surface area contributed by atoms with Crippen molar-refractivity contribution in [3.63, 3.8) is 0 Å². The van der Waals surface area contributed by atoms with Gasteiger partial charge in [0.25, 0.3) is 5.91 Å². The lowest BCUT2D eigenvalue weighted by Crippen LogP contribution is -2.41. The number of rotatable bonds is 3. The minimum Gasteiger partial charge on any atom is -0.478 e. The molecule has 7 heteroatoms. The van der Waals surface area contributed by atoms with E-state index in [1.54, 1.807) is 24.7 Å². The quantitative estimate of drug-likeness (QED) is 0.899. The fourth-order valence-corrected chi connectivity index (χ4v) is 3.04. The van der Waals surface area contributed by atoms with E-state index in [9.17, 15) is 14.7 Å². The Morgan fingerprint density at radius 2 is 2.04 bits per heavy atom. The van der Waals surface area contributed by atoms with E-state index in [0.717, 1.165) is 5.52 Å². The zero-order chi connectivity index (χ0) is 17.8. The number of aliphatic imine (C=N–C) groups is 1. The minimum absolute atomic E-state index is 0.0162. The van der Waals surface area contributed by atoms with Crippen molar-refractivity contribution in [3.05, 3.63) is 29.0 Å². The van der Waals surface area contributed by atoms with Crippen LogP contribution in [0, 0.1) is 12.8 Å². The van der Waals surface area contributed by atoms with Crippen LogP contribution in [0.2, 0.25) is 0 Å². The van der Waals surface area contributed by atoms with Gasteiger partial charge < -0.3 is 10.4 Å². The molecule has 0 bridgehead atoms. The van der Waals surface area contributed by atoms with Crippen LogP contribution in [-0.4, -0.2) is 38.1 Å². The Morgan fingerprint density at radius 3 is 2.58 bits per heavy atom. The van der Waals surface area contributed by atoms with Gasteiger partial charge in [0, 0.05) is 18.0 Å². The number of carbonyl (C=O) groups is 2. The van der Waals surface area contributed by atoms with E-state index < -0.39 is 11.5 Å². The van der Waals surface area contributed by atoms with Crippen molar-refractivity contribution >= 4 is 28.6 Å². The zero-order valence-electron chi connectivity index (χ0n) is 14.3. The number of carboxylic acid groups (broad SMARTS) is 1. The SMILES string of the molecule is Cc1nn(C)c2ccc(C(=O)O)c(C3=NC(C)(C(C)C)C(=O)N3)c12. The fourth-order valence-electron chi connectivity index (χ4n) is 3.04. The molecular formula is C17H20N4O3. The van der Waals surface area contributed by atoms with Gasteiger partial charge in [0.1, 0.15) is 11.4 Å². The molecule has 7 nitrogen and oxygen atoms in total. The second-order valence-electron chi connectivity index (χ2n) is 6.61. The van der Waals surface area contributed by atoms with E-state index in [1.807, 2.05) is 20.8 Å². The number of amides is 1. The van der Waals surface area contributed by atoms with Gasteiger partial charge in [0.15, 0.2) is 0 Å². The number of nitrogens with zero attached hydrogens (tertiary/aromatic N) is 3. The highest BCUT2D eigenvalue weighted by molar-refractivity contribution is 6.23. The molecule has 0 aliphatic carbocycles.